The lowest BCUT2D eigenvalue weighted by molar-refractivity contribution is -0.138. The number of aryl methyl sites for hydroxylation is 1. The SMILES string of the molecule is Cc1ncc2c(c1CNC(=O)c1ccc3c(c1)OCO3)CCN(C(=O)[C@H](C)Oc1ccccc1)C2. The lowest BCUT2D eigenvalue weighted by atomic mass is 9.94. The molecular formula is C27H27N3O5. The lowest BCUT2D eigenvalue weighted by Gasteiger charge is -2.32. The smallest absolute Gasteiger partial charge is 0.263 e. The van der Waals surface area contributed by atoms with Gasteiger partial charge in [-0.1, -0.05) is 18.2 Å². The lowest BCUT2D eigenvalue weighted by Crippen LogP contribution is -2.43. The zero-order chi connectivity index (χ0) is 24.4. The molecular weight excluding hydrogens is 446 g/mol. The molecule has 0 aliphatic carbocycles. The minimum Gasteiger partial charge on any atom is -0.481 e. The molecule has 0 unspecified atom stereocenters. The number of pyridine rings is 1. The predicted octanol–water partition coefficient (Wildman–Crippen LogP) is 3.40. The molecule has 8 nitrogen and oxygen atoms in total. The van der Waals surface area contributed by atoms with E-state index in [9.17, 15) is 9.59 Å². The minimum absolute atomic E-state index is 0.0576. The fourth-order valence-electron chi connectivity index (χ4n) is 4.46. The molecule has 2 amide bonds. The molecule has 3 aromatic rings. The van der Waals surface area contributed by atoms with Gasteiger partial charge in [0.2, 0.25) is 6.79 Å². The largest absolute Gasteiger partial charge is 0.481 e. The Bertz CT molecular complexity index is 1260. The van der Waals surface area contributed by atoms with Crippen molar-refractivity contribution in [3.8, 4) is 17.2 Å². The topological polar surface area (TPSA) is 90.0 Å². The molecule has 2 aliphatic rings. The molecule has 0 bridgehead atoms. The summed E-state index contributed by atoms with van der Waals surface area (Å²) in [4.78, 5) is 32.1. The van der Waals surface area contributed by atoms with Crippen molar-refractivity contribution in [3.63, 3.8) is 0 Å². The quantitative estimate of drug-likeness (QED) is 0.590. The number of aromatic nitrogens is 1. The predicted molar refractivity (Wildman–Crippen MR) is 128 cm³/mol. The monoisotopic (exact) mass is 473 g/mol. The number of nitrogens with one attached hydrogen (secondary N) is 1. The second kappa shape index (κ2) is 9.66. The van der Waals surface area contributed by atoms with Crippen molar-refractivity contribution >= 4 is 11.8 Å². The third kappa shape index (κ3) is 4.77. The van der Waals surface area contributed by atoms with E-state index in [1.807, 2.05) is 48.4 Å². The molecule has 1 N–H and O–H groups in total. The van der Waals surface area contributed by atoms with Gasteiger partial charge >= 0.3 is 0 Å². The van der Waals surface area contributed by atoms with Crippen molar-refractivity contribution in [1.29, 1.82) is 0 Å². The molecule has 2 aliphatic heterocycles. The van der Waals surface area contributed by atoms with E-state index in [1.54, 1.807) is 25.1 Å². The van der Waals surface area contributed by atoms with Crippen LogP contribution in [0.1, 0.15) is 39.7 Å². The first-order valence-electron chi connectivity index (χ1n) is 11.6. The Morgan fingerprint density at radius 1 is 1.14 bits per heavy atom. The van der Waals surface area contributed by atoms with Gasteiger partial charge in [-0.25, -0.2) is 0 Å². The summed E-state index contributed by atoms with van der Waals surface area (Å²) in [5.41, 5.74) is 4.51. The highest BCUT2D eigenvalue weighted by Crippen LogP contribution is 2.32. The number of hydrogen-bond donors (Lipinski definition) is 1. The first-order chi connectivity index (χ1) is 17.0. The van der Waals surface area contributed by atoms with Gasteiger partial charge in [-0.05, 0) is 67.3 Å². The molecule has 3 heterocycles. The molecule has 0 saturated carbocycles. The molecule has 1 atom stereocenters. The van der Waals surface area contributed by atoms with E-state index < -0.39 is 6.10 Å². The number of hydrogen-bond acceptors (Lipinski definition) is 6. The number of fused-ring (bicyclic) bond motifs is 2. The maximum absolute atomic E-state index is 13.0. The Morgan fingerprint density at radius 2 is 1.94 bits per heavy atom. The highest BCUT2D eigenvalue weighted by molar-refractivity contribution is 5.95. The van der Waals surface area contributed by atoms with Crippen molar-refractivity contribution in [3.05, 3.63) is 82.7 Å². The number of para-hydroxylation sites is 1. The Balaban J connectivity index is 1.25. The molecule has 0 fully saturated rings. The van der Waals surface area contributed by atoms with E-state index in [2.05, 4.69) is 10.3 Å². The summed E-state index contributed by atoms with van der Waals surface area (Å²) < 4.78 is 16.5. The molecule has 1 aromatic heterocycles. The van der Waals surface area contributed by atoms with Crippen molar-refractivity contribution < 1.29 is 23.8 Å². The zero-order valence-electron chi connectivity index (χ0n) is 19.7. The van der Waals surface area contributed by atoms with E-state index in [0.717, 1.165) is 22.4 Å². The van der Waals surface area contributed by atoms with Gasteiger partial charge in [-0.2, -0.15) is 0 Å². The van der Waals surface area contributed by atoms with Gasteiger partial charge < -0.3 is 24.4 Å². The first kappa shape index (κ1) is 22.7. The third-order valence-corrected chi connectivity index (χ3v) is 6.37. The van der Waals surface area contributed by atoms with Crippen LogP contribution >= 0.6 is 0 Å². The summed E-state index contributed by atoms with van der Waals surface area (Å²) in [6.07, 6.45) is 1.94. The number of carbonyl (C=O) groups is 2. The van der Waals surface area contributed by atoms with Crippen LogP contribution in [-0.2, 0) is 24.3 Å². The van der Waals surface area contributed by atoms with Crippen LogP contribution in [0.5, 0.6) is 17.2 Å². The van der Waals surface area contributed by atoms with Crippen LogP contribution in [0.15, 0.2) is 54.7 Å². The zero-order valence-corrected chi connectivity index (χ0v) is 19.7. The highest BCUT2D eigenvalue weighted by Gasteiger charge is 2.28. The second-order valence-corrected chi connectivity index (χ2v) is 8.66. The molecule has 8 heteroatoms. The molecule has 5 rings (SSSR count). The van der Waals surface area contributed by atoms with Gasteiger partial charge in [0.15, 0.2) is 17.6 Å². The molecule has 35 heavy (non-hydrogen) atoms. The van der Waals surface area contributed by atoms with Crippen LogP contribution in [0.2, 0.25) is 0 Å². The van der Waals surface area contributed by atoms with Gasteiger partial charge in [0, 0.05) is 37.1 Å². The van der Waals surface area contributed by atoms with Crippen LogP contribution in [0.25, 0.3) is 0 Å². The Labute approximate surface area is 203 Å². The number of amides is 2. The van der Waals surface area contributed by atoms with E-state index in [-0.39, 0.29) is 18.6 Å². The maximum Gasteiger partial charge on any atom is 0.263 e. The number of benzene rings is 2. The minimum atomic E-state index is -0.585. The van der Waals surface area contributed by atoms with Crippen molar-refractivity contribution in [2.24, 2.45) is 0 Å². The average Bonchev–Trinajstić information content (AvgIpc) is 3.36. The number of ether oxygens (including phenoxy) is 3. The van der Waals surface area contributed by atoms with E-state index in [1.165, 1.54) is 0 Å². The Hall–Kier alpha value is -4.07. The van der Waals surface area contributed by atoms with Crippen LogP contribution < -0.4 is 19.5 Å². The van der Waals surface area contributed by atoms with Gasteiger partial charge in [-0.3, -0.25) is 14.6 Å². The Morgan fingerprint density at radius 3 is 2.77 bits per heavy atom. The summed E-state index contributed by atoms with van der Waals surface area (Å²) in [5, 5.41) is 3.00. The highest BCUT2D eigenvalue weighted by atomic mass is 16.7. The van der Waals surface area contributed by atoms with Gasteiger partial charge in [0.25, 0.3) is 11.8 Å². The third-order valence-electron chi connectivity index (χ3n) is 6.37. The standard InChI is InChI=1S/C27H27N3O5/c1-17-23(14-29-26(31)19-8-9-24-25(12-19)34-16-33-24)22-10-11-30(15-20(22)13-28-17)27(32)18(2)35-21-6-4-3-5-7-21/h3-9,12-13,18H,10-11,14-16H2,1-2H3,(H,29,31)/t18-/m0/s1. The molecule has 0 spiro atoms. The van der Waals surface area contributed by atoms with Crippen molar-refractivity contribution in [2.45, 2.75) is 39.5 Å². The number of rotatable bonds is 6. The first-order valence-corrected chi connectivity index (χ1v) is 11.6. The van der Waals surface area contributed by atoms with Crippen molar-refractivity contribution in [2.75, 3.05) is 13.3 Å². The fraction of sp³-hybridized carbons (Fsp3) is 0.296. The van der Waals surface area contributed by atoms with E-state index in [4.69, 9.17) is 14.2 Å². The van der Waals surface area contributed by atoms with Gasteiger partial charge in [0.1, 0.15) is 5.75 Å². The summed E-state index contributed by atoms with van der Waals surface area (Å²) in [6.45, 7) is 5.29. The van der Waals surface area contributed by atoms with Gasteiger partial charge in [0.05, 0.1) is 0 Å². The fourth-order valence-corrected chi connectivity index (χ4v) is 4.46. The second-order valence-electron chi connectivity index (χ2n) is 8.66. The summed E-state index contributed by atoms with van der Waals surface area (Å²) in [7, 11) is 0. The van der Waals surface area contributed by atoms with Crippen LogP contribution in [0, 0.1) is 6.92 Å². The van der Waals surface area contributed by atoms with Crippen LogP contribution in [0.3, 0.4) is 0 Å². The van der Waals surface area contributed by atoms with E-state index >= 15 is 0 Å². The van der Waals surface area contributed by atoms with E-state index in [0.29, 0.717) is 48.9 Å². The molecule has 0 radical (unpaired) electrons. The van der Waals surface area contributed by atoms with Crippen LogP contribution in [-0.4, -0.2) is 41.1 Å². The average molecular weight is 474 g/mol. The molecule has 180 valence electrons. The number of carbonyl (C=O) groups excluding carboxylic acids is 2. The van der Waals surface area contributed by atoms with Crippen molar-refractivity contribution in [1.82, 2.24) is 15.2 Å². The van der Waals surface area contributed by atoms with Gasteiger partial charge in [-0.15, -0.1) is 0 Å². The summed E-state index contributed by atoms with van der Waals surface area (Å²) in [6, 6.07) is 14.5. The normalized spacial score (nSPS) is 14.7. The summed E-state index contributed by atoms with van der Waals surface area (Å²) in [5.74, 6) is 1.63. The Kier molecular flexibility index (Phi) is 6.27. The van der Waals surface area contributed by atoms with Crippen LogP contribution in [0.4, 0.5) is 0 Å². The maximum atomic E-state index is 13.0. The number of nitrogens with zero attached hydrogens (tertiary/aromatic N) is 2. The summed E-state index contributed by atoms with van der Waals surface area (Å²) >= 11 is 0. The molecule has 2 aromatic carbocycles. The molecule has 0 saturated heterocycles.